The lowest BCUT2D eigenvalue weighted by molar-refractivity contribution is -0.146. The lowest BCUT2D eigenvalue weighted by Crippen LogP contribution is -2.59. The first-order chi connectivity index (χ1) is 23.1. The van der Waals surface area contributed by atoms with Crippen LogP contribution < -0.4 is 10.2 Å². The Kier molecular flexibility index (Phi) is 11.5. The largest absolute Gasteiger partial charge is 0.463 e. The van der Waals surface area contributed by atoms with E-state index in [1.165, 1.54) is 9.80 Å². The molecule has 256 valence electrons. The van der Waals surface area contributed by atoms with Gasteiger partial charge in [0.2, 0.25) is 11.8 Å². The molecule has 3 amide bonds. The third-order valence-corrected chi connectivity index (χ3v) is 10.6. The molecule has 3 saturated heterocycles. The smallest absolute Gasteiger partial charge is 0.306 e. The van der Waals surface area contributed by atoms with E-state index < -0.39 is 65.4 Å². The third kappa shape index (κ3) is 6.70. The van der Waals surface area contributed by atoms with Gasteiger partial charge in [0.05, 0.1) is 36.6 Å². The number of aliphatic hydroxyl groups excluding tert-OH is 1. The highest BCUT2D eigenvalue weighted by Crippen LogP contribution is 2.60. The molecule has 3 heterocycles. The molecule has 3 fully saturated rings. The van der Waals surface area contributed by atoms with Crippen molar-refractivity contribution >= 4 is 56.9 Å². The molecule has 10 nitrogen and oxygen atoms in total. The number of ether oxygens (including phenoxy) is 2. The molecule has 0 radical (unpaired) electrons. The van der Waals surface area contributed by atoms with Crippen molar-refractivity contribution in [2.45, 2.75) is 67.3 Å². The summed E-state index contributed by atoms with van der Waals surface area (Å²) < 4.78 is 12.2. The zero-order chi connectivity index (χ0) is 34.6. The summed E-state index contributed by atoms with van der Waals surface area (Å²) in [5, 5.41) is 14.0. The van der Waals surface area contributed by atoms with Gasteiger partial charge in [0.15, 0.2) is 0 Å². The van der Waals surface area contributed by atoms with Crippen LogP contribution >= 0.6 is 27.5 Å². The number of allylic oxidation sites excluding steroid dienone is 1. The molecule has 1 unspecified atom stereocenters. The first-order valence-corrected chi connectivity index (χ1v) is 17.5. The zero-order valence-electron chi connectivity index (χ0n) is 26.8. The summed E-state index contributed by atoms with van der Waals surface area (Å²) in [5.41, 5.74) is -0.0689. The maximum absolute atomic E-state index is 14.7. The van der Waals surface area contributed by atoms with Crippen LogP contribution in [0.3, 0.4) is 0 Å². The number of likely N-dealkylation sites (tertiary alicyclic amines) is 1. The van der Waals surface area contributed by atoms with Gasteiger partial charge in [-0.2, -0.15) is 0 Å². The van der Waals surface area contributed by atoms with Crippen molar-refractivity contribution in [1.29, 1.82) is 0 Å². The summed E-state index contributed by atoms with van der Waals surface area (Å²) in [7, 11) is 0. The number of anilines is 1. The number of esters is 1. The van der Waals surface area contributed by atoms with Crippen molar-refractivity contribution in [3.63, 3.8) is 0 Å². The van der Waals surface area contributed by atoms with Gasteiger partial charge in [-0.1, -0.05) is 76.9 Å². The predicted molar refractivity (Wildman–Crippen MR) is 185 cm³/mol. The molecular formula is C36H41BrClN3O7. The van der Waals surface area contributed by atoms with E-state index in [9.17, 15) is 24.3 Å². The highest BCUT2D eigenvalue weighted by atomic mass is 79.9. The first kappa shape index (κ1) is 35.8. The van der Waals surface area contributed by atoms with Crippen LogP contribution in [-0.2, 0) is 28.7 Å². The Morgan fingerprint density at radius 2 is 1.90 bits per heavy atom. The number of rotatable bonds is 15. The lowest BCUT2D eigenvalue weighted by Gasteiger charge is -2.39. The molecule has 0 saturated carbocycles. The number of halogens is 2. The summed E-state index contributed by atoms with van der Waals surface area (Å²) in [6.07, 6.45) is 3.82. The Balaban J connectivity index is 1.50. The molecule has 1 spiro atoms. The minimum Gasteiger partial charge on any atom is -0.463 e. The Hall–Kier alpha value is -3.51. The van der Waals surface area contributed by atoms with E-state index in [-0.39, 0.29) is 31.0 Å². The van der Waals surface area contributed by atoms with Gasteiger partial charge in [-0.3, -0.25) is 19.2 Å². The second-order valence-corrected chi connectivity index (χ2v) is 14.0. The number of benzene rings is 2. The topological polar surface area (TPSA) is 125 Å². The number of aliphatic hydroxyl groups is 1. The predicted octanol–water partition coefficient (Wildman–Crippen LogP) is 4.74. The highest BCUT2D eigenvalue weighted by molar-refractivity contribution is 9.09. The summed E-state index contributed by atoms with van der Waals surface area (Å²) in [6.45, 7) is 8.97. The van der Waals surface area contributed by atoms with Crippen molar-refractivity contribution in [3.8, 4) is 0 Å². The van der Waals surface area contributed by atoms with Crippen LogP contribution in [0.15, 0.2) is 79.9 Å². The highest BCUT2D eigenvalue weighted by Gasteiger charge is 2.77. The molecule has 2 aromatic rings. The molecular weight excluding hydrogens is 702 g/mol. The fourth-order valence-electron chi connectivity index (χ4n) is 7.32. The van der Waals surface area contributed by atoms with E-state index in [1.54, 1.807) is 36.4 Å². The van der Waals surface area contributed by atoms with Crippen molar-refractivity contribution in [2.24, 2.45) is 11.8 Å². The van der Waals surface area contributed by atoms with Crippen LogP contribution in [0.1, 0.15) is 44.2 Å². The standard InChI is InChI=1S/C36H41BrClN3O7/c1-4-7-13-28(43)47-21-27(22-11-9-8-10-12-22)39-33(44)29-30-34(45)41(24(6-3)20-42)32(36(30)19-26(37)31(29)48-36)35(46)40(18-5-2)25-16-14-23(38)15-17-25/h4-5,8-12,14-17,24,26-27,29-32,42H,1-2,6-7,13,18-21H2,3H3,(H,39,44)/t24-,26?,27-,29-,30+,31-,32-,36+/m0/s1. The molecule has 8 atom stereocenters. The van der Waals surface area contributed by atoms with Gasteiger partial charge >= 0.3 is 5.97 Å². The maximum atomic E-state index is 14.7. The summed E-state index contributed by atoms with van der Waals surface area (Å²) in [4.78, 5) is 58.6. The van der Waals surface area contributed by atoms with Gasteiger partial charge in [-0.15, -0.1) is 13.2 Å². The van der Waals surface area contributed by atoms with Crippen LogP contribution in [0, 0.1) is 11.8 Å². The molecule has 0 aliphatic carbocycles. The van der Waals surface area contributed by atoms with Crippen LogP contribution in [0.5, 0.6) is 0 Å². The Morgan fingerprint density at radius 1 is 1.19 bits per heavy atom. The van der Waals surface area contributed by atoms with Crippen LogP contribution in [0.4, 0.5) is 5.69 Å². The Labute approximate surface area is 294 Å². The molecule has 3 aliphatic rings. The number of hydrogen-bond acceptors (Lipinski definition) is 7. The van der Waals surface area contributed by atoms with E-state index in [2.05, 4.69) is 34.4 Å². The number of nitrogens with zero attached hydrogens (tertiary/aromatic N) is 2. The molecule has 3 aliphatic heterocycles. The number of carbonyl (C=O) groups is 4. The minimum absolute atomic E-state index is 0.112. The van der Waals surface area contributed by atoms with Gasteiger partial charge < -0.3 is 29.7 Å². The van der Waals surface area contributed by atoms with E-state index in [1.807, 2.05) is 37.3 Å². The average molecular weight is 743 g/mol. The van der Waals surface area contributed by atoms with Crippen molar-refractivity contribution in [3.05, 3.63) is 90.5 Å². The van der Waals surface area contributed by atoms with E-state index in [4.69, 9.17) is 21.1 Å². The summed E-state index contributed by atoms with van der Waals surface area (Å²) in [5.74, 6) is -3.65. The third-order valence-electron chi connectivity index (χ3n) is 9.54. The van der Waals surface area contributed by atoms with Gasteiger partial charge in [-0.25, -0.2) is 0 Å². The summed E-state index contributed by atoms with van der Waals surface area (Å²) in [6, 6.07) is 13.4. The quantitative estimate of drug-likeness (QED) is 0.154. The molecule has 2 bridgehead atoms. The number of fused-ring (bicyclic) bond motifs is 1. The van der Waals surface area contributed by atoms with Crippen LogP contribution in [-0.4, -0.2) is 82.1 Å². The normalized spacial score (nSPS) is 26.8. The van der Waals surface area contributed by atoms with E-state index in [0.717, 1.165) is 5.56 Å². The number of alkyl halides is 1. The maximum Gasteiger partial charge on any atom is 0.306 e. The van der Waals surface area contributed by atoms with Crippen LogP contribution in [0.2, 0.25) is 5.02 Å². The average Bonchev–Trinajstić information content (AvgIpc) is 3.69. The first-order valence-electron chi connectivity index (χ1n) is 16.2. The molecule has 12 heteroatoms. The molecule has 48 heavy (non-hydrogen) atoms. The fraction of sp³-hybridized carbons (Fsp3) is 0.444. The second kappa shape index (κ2) is 15.4. The number of carbonyl (C=O) groups excluding carboxylic acids is 4. The molecule has 2 aromatic carbocycles. The van der Waals surface area contributed by atoms with Crippen molar-refractivity contribution in [1.82, 2.24) is 10.2 Å². The van der Waals surface area contributed by atoms with E-state index >= 15 is 0 Å². The van der Waals surface area contributed by atoms with E-state index in [0.29, 0.717) is 30.0 Å². The van der Waals surface area contributed by atoms with Crippen molar-refractivity contribution in [2.75, 3.05) is 24.7 Å². The van der Waals surface area contributed by atoms with Crippen LogP contribution in [0.25, 0.3) is 0 Å². The summed E-state index contributed by atoms with van der Waals surface area (Å²) >= 11 is 9.85. The molecule has 2 N–H and O–H groups in total. The lowest BCUT2D eigenvalue weighted by atomic mass is 9.70. The minimum atomic E-state index is -1.34. The molecule has 0 aromatic heterocycles. The number of amides is 3. The monoisotopic (exact) mass is 741 g/mol. The molecule has 5 rings (SSSR count). The number of hydrogen-bond donors (Lipinski definition) is 2. The van der Waals surface area contributed by atoms with Gasteiger partial charge in [0, 0.05) is 28.5 Å². The Morgan fingerprint density at radius 3 is 2.52 bits per heavy atom. The van der Waals surface area contributed by atoms with Gasteiger partial charge in [-0.05, 0) is 49.1 Å². The van der Waals surface area contributed by atoms with Crippen molar-refractivity contribution < 1.29 is 33.8 Å². The number of nitrogens with one attached hydrogen (secondary N) is 1. The second-order valence-electron chi connectivity index (χ2n) is 12.3. The Bertz CT molecular complexity index is 1520. The zero-order valence-corrected chi connectivity index (χ0v) is 29.1. The van der Waals surface area contributed by atoms with Gasteiger partial charge in [0.25, 0.3) is 5.91 Å². The SMILES string of the molecule is C=CCCC(=O)OC[C@H](NC(=O)[C@@H]1[C@H]2O[C@@]3(CC2Br)[C@H](C(=O)N(CC=C)c2ccc(Cl)cc2)N([C@@H](CC)CO)C(=O)[C@@H]13)c1ccccc1. The fourth-order valence-corrected chi connectivity index (χ4v) is 8.39. The van der Waals surface area contributed by atoms with Gasteiger partial charge in [0.1, 0.15) is 18.2 Å².